The monoisotopic (exact) mass is 304 g/mol. The van der Waals surface area contributed by atoms with E-state index in [1.165, 1.54) is 5.56 Å². The van der Waals surface area contributed by atoms with Crippen molar-refractivity contribution in [1.82, 2.24) is 10.2 Å². The van der Waals surface area contributed by atoms with Gasteiger partial charge in [-0.05, 0) is 51.3 Å². The van der Waals surface area contributed by atoms with E-state index >= 15 is 0 Å². The predicted octanol–water partition coefficient (Wildman–Crippen LogP) is 3.19. The summed E-state index contributed by atoms with van der Waals surface area (Å²) < 4.78 is 0. The number of amides is 2. The zero-order valence-electron chi connectivity index (χ0n) is 14.6. The van der Waals surface area contributed by atoms with Gasteiger partial charge in [-0.15, -0.1) is 0 Å². The molecular formula is C18H28N2O2. The van der Waals surface area contributed by atoms with E-state index in [2.05, 4.69) is 19.2 Å². The number of carbonyl (C=O) groups is 2. The average molecular weight is 304 g/mol. The van der Waals surface area contributed by atoms with Gasteiger partial charge in [-0.25, -0.2) is 0 Å². The Labute approximate surface area is 133 Å². The van der Waals surface area contributed by atoms with Crippen LogP contribution in [-0.2, 0) is 4.79 Å². The maximum absolute atomic E-state index is 12.5. The van der Waals surface area contributed by atoms with Crippen LogP contribution in [0.25, 0.3) is 0 Å². The second-order valence-electron chi connectivity index (χ2n) is 6.89. The standard InChI is InChI=1S/C18H28N2O2/c1-7-20(12-16(21)19-18(4,5)6)17(22)15-10-8-14(9-11-15)13(2)3/h8-11,13H,7,12H2,1-6H3,(H,19,21). The van der Waals surface area contributed by atoms with Crippen LogP contribution in [0.4, 0.5) is 0 Å². The molecule has 0 aromatic heterocycles. The van der Waals surface area contributed by atoms with E-state index in [9.17, 15) is 9.59 Å². The molecule has 0 spiro atoms. The van der Waals surface area contributed by atoms with Crippen molar-refractivity contribution in [3.05, 3.63) is 35.4 Å². The van der Waals surface area contributed by atoms with Gasteiger partial charge in [0.15, 0.2) is 0 Å². The molecule has 0 radical (unpaired) electrons. The molecule has 0 bridgehead atoms. The molecule has 0 aliphatic heterocycles. The summed E-state index contributed by atoms with van der Waals surface area (Å²) in [4.78, 5) is 26.1. The molecule has 0 atom stereocenters. The Morgan fingerprint density at radius 1 is 1.14 bits per heavy atom. The summed E-state index contributed by atoms with van der Waals surface area (Å²) in [6, 6.07) is 7.62. The minimum Gasteiger partial charge on any atom is -0.350 e. The fourth-order valence-electron chi connectivity index (χ4n) is 2.15. The zero-order chi connectivity index (χ0) is 16.9. The van der Waals surface area contributed by atoms with E-state index in [4.69, 9.17) is 0 Å². The Morgan fingerprint density at radius 2 is 1.68 bits per heavy atom. The van der Waals surface area contributed by atoms with Crippen LogP contribution in [0.1, 0.15) is 63.4 Å². The highest BCUT2D eigenvalue weighted by Gasteiger charge is 2.20. The summed E-state index contributed by atoms with van der Waals surface area (Å²) in [6.07, 6.45) is 0. The Morgan fingerprint density at radius 3 is 2.09 bits per heavy atom. The van der Waals surface area contributed by atoms with Gasteiger partial charge in [-0.1, -0.05) is 26.0 Å². The molecule has 1 aromatic carbocycles. The molecule has 0 heterocycles. The van der Waals surface area contributed by atoms with Crippen LogP contribution in [-0.4, -0.2) is 35.3 Å². The van der Waals surface area contributed by atoms with Gasteiger partial charge in [-0.2, -0.15) is 0 Å². The van der Waals surface area contributed by atoms with Crippen LogP contribution in [0.3, 0.4) is 0 Å². The Balaban J connectivity index is 2.77. The molecule has 1 aromatic rings. The number of carbonyl (C=O) groups excluding carboxylic acids is 2. The first kappa shape index (κ1) is 18.2. The van der Waals surface area contributed by atoms with Crippen molar-refractivity contribution in [3.63, 3.8) is 0 Å². The lowest BCUT2D eigenvalue weighted by Gasteiger charge is -2.25. The first-order valence-electron chi connectivity index (χ1n) is 7.84. The van der Waals surface area contributed by atoms with E-state index in [0.29, 0.717) is 18.0 Å². The van der Waals surface area contributed by atoms with Crippen molar-refractivity contribution in [2.45, 2.75) is 53.0 Å². The molecule has 0 aliphatic rings. The third kappa shape index (κ3) is 5.51. The molecule has 1 rings (SSSR count). The lowest BCUT2D eigenvalue weighted by molar-refractivity contribution is -0.123. The first-order valence-corrected chi connectivity index (χ1v) is 7.84. The molecule has 122 valence electrons. The summed E-state index contributed by atoms with van der Waals surface area (Å²) >= 11 is 0. The number of nitrogens with one attached hydrogen (secondary N) is 1. The maximum atomic E-state index is 12.5. The van der Waals surface area contributed by atoms with Crippen LogP contribution < -0.4 is 5.32 Å². The van der Waals surface area contributed by atoms with Crippen molar-refractivity contribution in [2.75, 3.05) is 13.1 Å². The van der Waals surface area contributed by atoms with Crippen LogP contribution in [0, 0.1) is 0 Å². The molecule has 2 amide bonds. The fourth-order valence-corrected chi connectivity index (χ4v) is 2.15. The normalized spacial score (nSPS) is 11.4. The fraction of sp³-hybridized carbons (Fsp3) is 0.556. The highest BCUT2D eigenvalue weighted by atomic mass is 16.2. The van der Waals surface area contributed by atoms with E-state index in [-0.39, 0.29) is 23.9 Å². The smallest absolute Gasteiger partial charge is 0.254 e. The van der Waals surface area contributed by atoms with E-state index in [1.54, 1.807) is 4.90 Å². The Hall–Kier alpha value is -1.84. The predicted molar refractivity (Wildman–Crippen MR) is 90.0 cm³/mol. The number of hydrogen-bond acceptors (Lipinski definition) is 2. The number of nitrogens with zero attached hydrogens (tertiary/aromatic N) is 1. The van der Waals surface area contributed by atoms with Crippen molar-refractivity contribution >= 4 is 11.8 Å². The minimum absolute atomic E-state index is 0.0819. The number of rotatable bonds is 5. The molecule has 0 saturated carbocycles. The van der Waals surface area contributed by atoms with Gasteiger partial charge in [0, 0.05) is 17.6 Å². The second kappa shape index (κ2) is 7.43. The molecule has 22 heavy (non-hydrogen) atoms. The van der Waals surface area contributed by atoms with E-state index < -0.39 is 0 Å². The SMILES string of the molecule is CCN(CC(=O)NC(C)(C)C)C(=O)c1ccc(C(C)C)cc1. The summed E-state index contributed by atoms with van der Waals surface area (Å²) in [7, 11) is 0. The van der Waals surface area contributed by atoms with Crippen LogP contribution in [0.2, 0.25) is 0 Å². The quantitative estimate of drug-likeness (QED) is 0.908. The molecule has 0 fully saturated rings. The Kier molecular flexibility index (Phi) is 6.15. The molecule has 0 unspecified atom stereocenters. The number of hydrogen-bond donors (Lipinski definition) is 1. The summed E-state index contributed by atoms with van der Waals surface area (Å²) in [5, 5.41) is 2.88. The minimum atomic E-state index is -0.293. The molecule has 1 N–H and O–H groups in total. The van der Waals surface area contributed by atoms with Crippen molar-refractivity contribution in [3.8, 4) is 0 Å². The van der Waals surface area contributed by atoms with Gasteiger partial charge in [0.05, 0.1) is 6.54 Å². The van der Waals surface area contributed by atoms with Crippen molar-refractivity contribution in [2.24, 2.45) is 0 Å². The van der Waals surface area contributed by atoms with Crippen molar-refractivity contribution in [1.29, 1.82) is 0 Å². The summed E-state index contributed by atoms with van der Waals surface area (Å²) in [6.45, 7) is 12.5. The van der Waals surface area contributed by atoms with E-state index in [0.717, 1.165) is 0 Å². The van der Waals surface area contributed by atoms with E-state index in [1.807, 2.05) is 52.0 Å². The first-order chi connectivity index (χ1) is 10.1. The zero-order valence-corrected chi connectivity index (χ0v) is 14.6. The third-order valence-electron chi connectivity index (χ3n) is 3.34. The van der Waals surface area contributed by atoms with Gasteiger partial charge in [0.1, 0.15) is 0 Å². The lowest BCUT2D eigenvalue weighted by atomic mass is 10.0. The third-order valence-corrected chi connectivity index (χ3v) is 3.34. The molecule has 0 saturated heterocycles. The highest BCUT2D eigenvalue weighted by Crippen LogP contribution is 2.15. The summed E-state index contributed by atoms with van der Waals surface area (Å²) in [5.74, 6) is 0.187. The number of likely N-dealkylation sites (N-methyl/N-ethyl adjacent to an activating group) is 1. The molecular weight excluding hydrogens is 276 g/mol. The highest BCUT2D eigenvalue weighted by molar-refractivity contribution is 5.96. The average Bonchev–Trinajstić information content (AvgIpc) is 2.42. The van der Waals surface area contributed by atoms with Gasteiger partial charge in [0.25, 0.3) is 5.91 Å². The largest absolute Gasteiger partial charge is 0.350 e. The van der Waals surface area contributed by atoms with Gasteiger partial charge in [0.2, 0.25) is 5.91 Å². The molecule has 4 heteroatoms. The lowest BCUT2D eigenvalue weighted by Crippen LogP contribution is -2.47. The maximum Gasteiger partial charge on any atom is 0.254 e. The van der Waals surface area contributed by atoms with Crippen LogP contribution in [0.15, 0.2) is 24.3 Å². The molecule has 0 aliphatic carbocycles. The number of benzene rings is 1. The van der Waals surface area contributed by atoms with Gasteiger partial charge in [-0.3, -0.25) is 9.59 Å². The Bertz CT molecular complexity index is 513. The molecule has 4 nitrogen and oxygen atoms in total. The summed E-state index contributed by atoms with van der Waals surface area (Å²) in [5.41, 5.74) is 1.53. The van der Waals surface area contributed by atoms with Crippen LogP contribution in [0.5, 0.6) is 0 Å². The van der Waals surface area contributed by atoms with Crippen LogP contribution >= 0.6 is 0 Å². The van der Waals surface area contributed by atoms with Crippen molar-refractivity contribution < 1.29 is 9.59 Å². The topological polar surface area (TPSA) is 49.4 Å². The second-order valence-corrected chi connectivity index (χ2v) is 6.89. The van der Waals surface area contributed by atoms with Gasteiger partial charge >= 0.3 is 0 Å². The van der Waals surface area contributed by atoms with Gasteiger partial charge < -0.3 is 10.2 Å².